The molecular formula is C30H34N7O3P. The second-order valence-corrected chi connectivity index (χ2v) is 13.7. The van der Waals surface area contributed by atoms with Crippen LogP contribution in [0.3, 0.4) is 0 Å². The van der Waals surface area contributed by atoms with Crippen LogP contribution in [0.2, 0.25) is 0 Å². The Hall–Kier alpha value is -3.59. The summed E-state index contributed by atoms with van der Waals surface area (Å²) >= 11 is 0. The number of nitrogens with zero attached hydrogens (tertiary/aromatic N) is 5. The predicted molar refractivity (Wildman–Crippen MR) is 160 cm³/mol. The normalized spacial score (nSPS) is 20.9. The van der Waals surface area contributed by atoms with Crippen molar-refractivity contribution < 1.29 is 14.4 Å². The first-order valence-corrected chi connectivity index (χ1v) is 16.0. The van der Waals surface area contributed by atoms with Gasteiger partial charge in [-0.3, -0.25) is 24.3 Å². The lowest BCUT2D eigenvalue weighted by Crippen LogP contribution is -2.53. The first kappa shape index (κ1) is 26.3. The number of fused-ring (bicyclic) bond motifs is 1. The van der Waals surface area contributed by atoms with Gasteiger partial charge in [-0.1, -0.05) is 30.3 Å². The number of aromatic amines is 1. The molecule has 11 heteroatoms. The van der Waals surface area contributed by atoms with E-state index in [-0.39, 0.29) is 18.5 Å². The van der Waals surface area contributed by atoms with E-state index in [0.29, 0.717) is 50.6 Å². The lowest BCUT2D eigenvalue weighted by Gasteiger charge is -2.36. The number of nitrogens with one attached hydrogen (secondary N) is 2. The van der Waals surface area contributed by atoms with Gasteiger partial charge in [-0.15, -0.1) is 0 Å². The quantitative estimate of drug-likeness (QED) is 0.441. The Balaban J connectivity index is 1.12. The zero-order valence-corrected chi connectivity index (χ0v) is 24.1. The Morgan fingerprint density at radius 1 is 0.951 bits per heavy atom. The van der Waals surface area contributed by atoms with Crippen LogP contribution in [0, 0.1) is 0 Å². The maximum atomic E-state index is 14.0. The second-order valence-electron chi connectivity index (χ2n) is 11.3. The number of amides is 3. The van der Waals surface area contributed by atoms with E-state index >= 15 is 0 Å². The van der Waals surface area contributed by atoms with E-state index in [1.807, 2.05) is 28.2 Å². The molecule has 0 radical (unpaired) electrons. The molecule has 7 rings (SSSR count). The van der Waals surface area contributed by atoms with Crippen molar-refractivity contribution >= 4 is 42.1 Å². The molecule has 1 aromatic heterocycles. The number of aliphatic imine (C=N–C) groups is 1. The number of rotatable bonds is 6. The smallest absolute Gasteiger partial charge is 0.257 e. The number of carbonyl (C=O) groups excluding carboxylic acids is 3. The van der Waals surface area contributed by atoms with Gasteiger partial charge < -0.3 is 14.8 Å². The van der Waals surface area contributed by atoms with Gasteiger partial charge >= 0.3 is 0 Å². The topological polar surface area (TPSA) is 104 Å². The van der Waals surface area contributed by atoms with Crippen LogP contribution in [0.5, 0.6) is 0 Å². The van der Waals surface area contributed by atoms with Crippen molar-refractivity contribution in [2.45, 2.75) is 25.3 Å². The molecule has 2 N–H and O–H groups in total. The molecular weight excluding hydrogens is 537 g/mol. The summed E-state index contributed by atoms with van der Waals surface area (Å²) in [5, 5.41) is 3.18. The van der Waals surface area contributed by atoms with Crippen LogP contribution in [-0.2, 0) is 9.59 Å². The number of benzene rings is 2. The molecule has 0 bridgehead atoms. The summed E-state index contributed by atoms with van der Waals surface area (Å²) in [5.41, 5.74) is 7.05. The van der Waals surface area contributed by atoms with Crippen LogP contribution in [0.25, 0.3) is 22.0 Å². The first-order chi connectivity index (χ1) is 19.9. The number of H-pyrrole nitrogens is 1. The highest BCUT2D eigenvalue weighted by atomic mass is 31.1. The molecule has 4 aliphatic heterocycles. The zero-order chi connectivity index (χ0) is 28.1. The molecule has 0 atom stereocenters. The molecule has 1 spiro atoms. The van der Waals surface area contributed by atoms with E-state index < -0.39 is 13.5 Å². The minimum atomic E-state index is -0.859. The summed E-state index contributed by atoms with van der Waals surface area (Å²) in [7, 11) is -0.433. The van der Waals surface area contributed by atoms with Crippen molar-refractivity contribution in [2.75, 3.05) is 51.8 Å². The van der Waals surface area contributed by atoms with Crippen LogP contribution < -0.4 is 5.43 Å². The van der Waals surface area contributed by atoms with Crippen molar-refractivity contribution in [3.8, 4) is 11.1 Å². The molecule has 10 nitrogen and oxygen atoms in total. The van der Waals surface area contributed by atoms with Gasteiger partial charge in [-0.05, 0) is 67.8 Å². The van der Waals surface area contributed by atoms with Gasteiger partial charge in [-0.25, -0.2) is 10.4 Å². The number of amidine groups is 1. The summed E-state index contributed by atoms with van der Waals surface area (Å²) < 4.78 is 0. The Labute approximate surface area is 240 Å². The fourth-order valence-corrected chi connectivity index (χ4v) is 7.42. The molecule has 3 saturated heterocycles. The lowest BCUT2D eigenvalue weighted by molar-refractivity contribution is -0.137. The second kappa shape index (κ2) is 10.4. The predicted octanol–water partition coefficient (Wildman–Crippen LogP) is 3.46. The van der Waals surface area contributed by atoms with E-state index in [2.05, 4.69) is 46.8 Å². The third kappa shape index (κ3) is 4.94. The van der Waals surface area contributed by atoms with E-state index in [9.17, 15) is 14.4 Å². The molecule has 0 saturated carbocycles. The van der Waals surface area contributed by atoms with E-state index in [1.165, 1.54) is 0 Å². The summed E-state index contributed by atoms with van der Waals surface area (Å²) in [4.78, 5) is 52.3. The fourth-order valence-electron chi connectivity index (χ4n) is 6.07. The SMILES string of the molecule is CC(=O)N1CCC2(CC1)N=C(c1ccc(-c3ccc4[nH]ccc4c3)cc1)N(CNN1CCN(C(=O)P3CC3)C1)C2=O. The van der Waals surface area contributed by atoms with Gasteiger partial charge in [0.2, 0.25) is 11.6 Å². The zero-order valence-electron chi connectivity index (χ0n) is 23.2. The summed E-state index contributed by atoms with van der Waals surface area (Å²) in [6.07, 6.45) is 5.08. The van der Waals surface area contributed by atoms with Crippen molar-refractivity contribution in [1.82, 2.24) is 30.1 Å². The van der Waals surface area contributed by atoms with Gasteiger partial charge in [0.15, 0.2) is 0 Å². The Morgan fingerprint density at radius 2 is 1.68 bits per heavy atom. The Morgan fingerprint density at radius 3 is 2.41 bits per heavy atom. The number of likely N-dealkylation sites (tertiary alicyclic amines) is 1. The van der Waals surface area contributed by atoms with Gasteiger partial charge in [0.05, 0.1) is 13.3 Å². The first-order valence-electron chi connectivity index (χ1n) is 14.3. The molecule has 0 unspecified atom stereocenters. The Kier molecular flexibility index (Phi) is 6.64. The highest BCUT2D eigenvalue weighted by molar-refractivity contribution is 7.81. The van der Waals surface area contributed by atoms with Gasteiger partial charge in [0.1, 0.15) is 11.4 Å². The number of hydrogen-bond donors (Lipinski definition) is 2. The van der Waals surface area contributed by atoms with E-state index in [4.69, 9.17) is 4.99 Å². The molecule has 2 aromatic carbocycles. The highest BCUT2D eigenvalue weighted by Crippen LogP contribution is 2.52. The van der Waals surface area contributed by atoms with Crippen molar-refractivity contribution in [3.05, 3.63) is 60.3 Å². The van der Waals surface area contributed by atoms with E-state index in [1.54, 1.807) is 16.7 Å². The fraction of sp³-hybridized carbons (Fsp3) is 0.400. The number of carbonyl (C=O) groups is 3. The number of piperidine rings is 1. The van der Waals surface area contributed by atoms with Crippen LogP contribution in [0.15, 0.2) is 59.7 Å². The van der Waals surface area contributed by atoms with E-state index in [0.717, 1.165) is 46.5 Å². The lowest BCUT2D eigenvalue weighted by atomic mass is 9.87. The molecule has 212 valence electrons. The maximum absolute atomic E-state index is 14.0. The molecule has 3 aromatic rings. The number of hydrogen-bond acceptors (Lipinski definition) is 6. The van der Waals surface area contributed by atoms with Crippen LogP contribution in [0.1, 0.15) is 25.3 Å². The molecule has 41 heavy (non-hydrogen) atoms. The summed E-state index contributed by atoms with van der Waals surface area (Å²) in [6.45, 7) is 4.85. The molecule has 3 fully saturated rings. The minimum Gasteiger partial charge on any atom is -0.361 e. The monoisotopic (exact) mass is 571 g/mol. The Bertz CT molecular complexity index is 1540. The summed E-state index contributed by atoms with van der Waals surface area (Å²) in [6, 6.07) is 16.6. The van der Waals surface area contributed by atoms with Gasteiger partial charge in [-0.2, -0.15) is 0 Å². The van der Waals surface area contributed by atoms with Crippen LogP contribution in [0.4, 0.5) is 4.79 Å². The average molecular weight is 572 g/mol. The number of aromatic nitrogens is 1. The molecule has 4 aliphatic rings. The van der Waals surface area contributed by atoms with Crippen LogP contribution in [-0.4, -0.2) is 105 Å². The largest absolute Gasteiger partial charge is 0.361 e. The van der Waals surface area contributed by atoms with Crippen LogP contribution >= 0.6 is 7.92 Å². The number of hydrazine groups is 1. The van der Waals surface area contributed by atoms with Gasteiger partial charge in [0, 0.05) is 50.4 Å². The molecule has 5 heterocycles. The molecule has 0 aliphatic carbocycles. The summed E-state index contributed by atoms with van der Waals surface area (Å²) in [5.74, 6) is 0.654. The van der Waals surface area contributed by atoms with Crippen molar-refractivity contribution in [2.24, 2.45) is 4.99 Å². The van der Waals surface area contributed by atoms with Gasteiger partial charge in [0.25, 0.3) is 5.91 Å². The van der Waals surface area contributed by atoms with Crippen molar-refractivity contribution in [1.29, 1.82) is 0 Å². The minimum absolute atomic E-state index is 0.0289. The standard InChI is InChI=1S/C30H34N7O3P/c1-21(38)34-12-9-30(10-13-34)28(39)37(19-32-36-15-14-35(20-36)29(40)41-16-17-41)27(33-30)23-4-2-22(3-5-23)24-6-7-26-25(18-24)8-11-31-26/h2-8,11,18,31-32H,9-10,12-17,19-20H2,1H3. The van der Waals surface area contributed by atoms with Crippen molar-refractivity contribution in [3.63, 3.8) is 0 Å². The molecule has 3 amide bonds. The highest BCUT2D eigenvalue weighted by Gasteiger charge is 2.50. The third-order valence-corrected chi connectivity index (χ3v) is 10.4. The maximum Gasteiger partial charge on any atom is 0.257 e. The third-order valence-electron chi connectivity index (χ3n) is 8.71. The average Bonchev–Trinajstić information content (AvgIpc) is 3.44.